The molecule has 0 aliphatic carbocycles. The third-order valence-corrected chi connectivity index (χ3v) is 2.39. The van der Waals surface area contributed by atoms with Gasteiger partial charge in [-0.3, -0.25) is 0 Å². The monoisotopic (exact) mass is 185 g/mol. The van der Waals surface area contributed by atoms with Crippen LogP contribution in [0.25, 0.3) is 0 Å². The number of rotatable bonds is 4. The second-order valence-electron chi connectivity index (χ2n) is 3.11. The lowest BCUT2D eigenvalue weighted by Crippen LogP contribution is -2.07. The Bertz CT molecular complexity index is 232. The van der Waals surface area contributed by atoms with Gasteiger partial charge in [0.15, 0.2) is 5.13 Å². The van der Waals surface area contributed by atoms with Gasteiger partial charge in [-0.05, 0) is 5.92 Å². The maximum absolute atomic E-state index is 5.46. The van der Waals surface area contributed by atoms with Gasteiger partial charge in [-0.2, -0.15) is 0 Å². The molecule has 3 nitrogen and oxygen atoms in total. The van der Waals surface area contributed by atoms with Crippen molar-refractivity contribution in [2.45, 2.75) is 20.4 Å². The normalized spacial score (nSPS) is 10.7. The van der Waals surface area contributed by atoms with Crippen LogP contribution < -0.4 is 11.1 Å². The molecule has 0 saturated heterocycles. The number of nitrogens with zero attached hydrogens (tertiary/aromatic N) is 1. The van der Waals surface area contributed by atoms with E-state index in [1.54, 1.807) is 11.3 Å². The highest BCUT2D eigenvalue weighted by atomic mass is 32.1. The molecule has 0 amide bonds. The topological polar surface area (TPSA) is 50.9 Å². The highest BCUT2D eigenvalue weighted by Crippen LogP contribution is 2.17. The predicted octanol–water partition coefficient (Wildman–Crippen LogP) is 1.67. The predicted molar refractivity (Wildman–Crippen MR) is 53.3 cm³/mol. The molecule has 12 heavy (non-hydrogen) atoms. The lowest BCUT2D eigenvalue weighted by molar-refractivity contribution is 0.688. The fourth-order valence-corrected chi connectivity index (χ4v) is 1.47. The molecule has 1 heterocycles. The first-order valence-electron chi connectivity index (χ1n) is 4.11. The molecule has 1 aromatic heterocycles. The summed E-state index contributed by atoms with van der Waals surface area (Å²) in [5, 5.41) is 4.23. The smallest absolute Gasteiger partial charge is 0.182 e. The number of anilines is 1. The molecule has 68 valence electrons. The van der Waals surface area contributed by atoms with E-state index in [-0.39, 0.29) is 0 Å². The molecular weight excluding hydrogens is 170 g/mol. The molecule has 0 aliphatic heterocycles. The molecule has 1 rings (SSSR count). The van der Waals surface area contributed by atoms with Crippen molar-refractivity contribution < 1.29 is 0 Å². The molecule has 0 aliphatic rings. The zero-order valence-electron chi connectivity index (χ0n) is 7.50. The van der Waals surface area contributed by atoms with Gasteiger partial charge in [0.1, 0.15) is 0 Å². The molecule has 3 N–H and O–H groups in total. The summed E-state index contributed by atoms with van der Waals surface area (Å²) in [6.07, 6.45) is 1.83. The van der Waals surface area contributed by atoms with Gasteiger partial charge in [-0.1, -0.05) is 13.8 Å². The van der Waals surface area contributed by atoms with Crippen LogP contribution in [0.15, 0.2) is 6.20 Å². The van der Waals surface area contributed by atoms with Gasteiger partial charge in [0, 0.05) is 24.2 Å². The lowest BCUT2D eigenvalue weighted by atomic mass is 10.2. The van der Waals surface area contributed by atoms with Crippen LogP contribution in [0, 0.1) is 5.92 Å². The third kappa shape index (κ3) is 2.79. The van der Waals surface area contributed by atoms with Gasteiger partial charge in [-0.15, -0.1) is 11.3 Å². The standard InChI is InChI=1S/C8H15N3S/c1-6(2)4-10-8-11-5-7(3-9)12-8/h5-6H,3-4,9H2,1-2H3,(H,10,11). The highest BCUT2D eigenvalue weighted by molar-refractivity contribution is 7.15. The first-order chi connectivity index (χ1) is 5.72. The number of hydrogen-bond donors (Lipinski definition) is 2. The maximum Gasteiger partial charge on any atom is 0.182 e. The van der Waals surface area contributed by atoms with Crippen molar-refractivity contribution >= 4 is 16.5 Å². The summed E-state index contributed by atoms with van der Waals surface area (Å²) in [7, 11) is 0. The highest BCUT2D eigenvalue weighted by Gasteiger charge is 1.99. The van der Waals surface area contributed by atoms with Gasteiger partial charge in [0.05, 0.1) is 0 Å². The van der Waals surface area contributed by atoms with Crippen molar-refractivity contribution in [3.8, 4) is 0 Å². The van der Waals surface area contributed by atoms with Gasteiger partial charge in [0.2, 0.25) is 0 Å². The van der Waals surface area contributed by atoms with Crippen molar-refractivity contribution in [3.63, 3.8) is 0 Å². The zero-order chi connectivity index (χ0) is 8.97. The SMILES string of the molecule is CC(C)CNc1ncc(CN)s1. The Labute approximate surface area is 77.0 Å². The van der Waals surface area contributed by atoms with E-state index in [2.05, 4.69) is 24.1 Å². The summed E-state index contributed by atoms with van der Waals surface area (Å²) in [5.41, 5.74) is 5.46. The molecule has 0 aromatic carbocycles. The summed E-state index contributed by atoms with van der Waals surface area (Å²) in [6, 6.07) is 0. The molecule has 0 spiro atoms. The van der Waals surface area contributed by atoms with E-state index in [1.807, 2.05) is 6.20 Å². The molecular formula is C8H15N3S. The third-order valence-electron chi connectivity index (χ3n) is 1.42. The second kappa shape index (κ2) is 4.42. The van der Waals surface area contributed by atoms with Crippen molar-refractivity contribution in [2.75, 3.05) is 11.9 Å². The quantitative estimate of drug-likeness (QED) is 0.750. The Morgan fingerprint density at radius 3 is 2.92 bits per heavy atom. The van der Waals surface area contributed by atoms with E-state index in [4.69, 9.17) is 5.73 Å². The van der Waals surface area contributed by atoms with Gasteiger partial charge in [-0.25, -0.2) is 4.98 Å². The molecule has 0 radical (unpaired) electrons. The Balaban J connectivity index is 2.41. The van der Waals surface area contributed by atoms with E-state index >= 15 is 0 Å². The average molecular weight is 185 g/mol. The van der Waals surface area contributed by atoms with Crippen LogP contribution in [0.4, 0.5) is 5.13 Å². The molecule has 1 aromatic rings. The summed E-state index contributed by atoms with van der Waals surface area (Å²) in [6.45, 7) is 5.90. The minimum Gasteiger partial charge on any atom is -0.361 e. The Hall–Kier alpha value is -0.610. The molecule has 0 saturated carbocycles. The first kappa shape index (κ1) is 9.48. The fraction of sp³-hybridized carbons (Fsp3) is 0.625. The van der Waals surface area contributed by atoms with Crippen LogP contribution >= 0.6 is 11.3 Å². The van der Waals surface area contributed by atoms with E-state index in [1.165, 1.54) is 0 Å². The van der Waals surface area contributed by atoms with Crippen molar-refractivity contribution in [1.29, 1.82) is 0 Å². The molecule has 0 atom stereocenters. The summed E-state index contributed by atoms with van der Waals surface area (Å²) in [4.78, 5) is 5.31. The Morgan fingerprint density at radius 1 is 1.67 bits per heavy atom. The van der Waals surface area contributed by atoms with E-state index in [0.29, 0.717) is 12.5 Å². The van der Waals surface area contributed by atoms with E-state index in [0.717, 1.165) is 16.6 Å². The largest absolute Gasteiger partial charge is 0.361 e. The average Bonchev–Trinajstić information content (AvgIpc) is 2.48. The summed E-state index contributed by atoms with van der Waals surface area (Å²) >= 11 is 1.63. The van der Waals surface area contributed by atoms with Crippen molar-refractivity contribution in [3.05, 3.63) is 11.1 Å². The minimum absolute atomic E-state index is 0.584. The maximum atomic E-state index is 5.46. The number of nitrogens with one attached hydrogen (secondary N) is 1. The Kier molecular flexibility index (Phi) is 3.49. The van der Waals surface area contributed by atoms with E-state index in [9.17, 15) is 0 Å². The van der Waals surface area contributed by atoms with Crippen LogP contribution in [-0.4, -0.2) is 11.5 Å². The molecule has 0 bridgehead atoms. The van der Waals surface area contributed by atoms with Crippen LogP contribution in [0.1, 0.15) is 18.7 Å². The number of thiazole rings is 1. The van der Waals surface area contributed by atoms with Crippen molar-refractivity contribution in [2.24, 2.45) is 11.7 Å². The molecule has 0 unspecified atom stereocenters. The van der Waals surface area contributed by atoms with Gasteiger partial charge < -0.3 is 11.1 Å². The fourth-order valence-electron chi connectivity index (χ4n) is 0.775. The number of aromatic nitrogens is 1. The number of hydrogen-bond acceptors (Lipinski definition) is 4. The molecule has 0 fully saturated rings. The van der Waals surface area contributed by atoms with E-state index < -0.39 is 0 Å². The first-order valence-corrected chi connectivity index (χ1v) is 4.92. The zero-order valence-corrected chi connectivity index (χ0v) is 8.32. The van der Waals surface area contributed by atoms with Gasteiger partial charge in [0.25, 0.3) is 0 Å². The number of nitrogens with two attached hydrogens (primary N) is 1. The van der Waals surface area contributed by atoms with Crippen LogP contribution in [0.2, 0.25) is 0 Å². The summed E-state index contributed by atoms with van der Waals surface area (Å²) in [5.74, 6) is 0.648. The van der Waals surface area contributed by atoms with Gasteiger partial charge >= 0.3 is 0 Å². The van der Waals surface area contributed by atoms with Crippen LogP contribution in [0.5, 0.6) is 0 Å². The Morgan fingerprint density at radius 2 is 2.42 bits per heavy atom. The second-order valence-corrected chi connectivity index (χ2v) is 4.23. The lowest BCUT2D eigenvalue weighted by Gasteiger charge is -2.04. The van der Waals surface area contributed by atoms with Crippen LogP contribution in [-0.2, 0) is 6.54 Å². The molecule has 4 heteroatoms. The summed E-state index contributed by atoms with van der Waals surface area (Å²) < 4.78 is 0. The minimum atomic E-state index is 0.584. The van der Waals surface area contributed by atoms with Crippen molar-refractivity contribution in [1.82, 2.24) is 4.98 Å². The van der Waals surface area contributed by atoms with Crippen LogP contribution in [0.3, 0.4) is 0 Å².